The number of ether oxygens (including phenoxy) is 2. The first-order valence-electron chi connectivity index (χ1n) is 9.82. The van der Waals surface area contributed by atoms with E-state index >= 15 is 0 Å². The Morgan fingerprint density at radius 2 is 1.83 bits per heavy atom. The maximum absolute atomic E-state index is 12.4. The maximum atomic E-state index is 12.4. The van der Waals surface area contributed by atoms with Crippen molar-refractivity contribution in [2.24, 2.45) is 0 Å². The molecule has 0 amide bonds. The van der Waals surface area contributed by atoms with Gasteiger partial charge in [-0.2, -0.15) is 0 Å². The molecule has 1 heterocycles. The third-order valence-corrected chi connectivity index (χ3v) is 5.01. The first kappa shape index (κ1) is 20.6. The minimum atomic E-state index is -0.769. The smallest absolute Gasteiger partial charge is 0.306 e. The average molecular weight is 402 g/mol. The van der Waals surface area contributed by atoms with E-state index in [1.54, 1.807) is 6.07 Å². The van der Waals surface area contributed by atoms with Gasteiger partial charge in [-0.05, 0) is 18.6 Å². The molecular formula is C22H26O7. The highest BCUT2D eigenvalue weighted by Crippen LogP contribution is 2.43. The first-order valence-corrected chi connectivity index (χ1v) is 9.82. The Bertz CT molecular complexity index is 878. The predicted octanol–water partition coefficient (Wildman–Crippen LogP) is 4.07. The van der Waals surface area contributed by atoms with Crippen molar-refractivity contribution in [3.05, 3.63) is 41.5 Å². The van der Waals surface area contributed by atoms with Crippen LogP contribution in [0.3, 0.4) is 0 Å². The minimum absolute atomic E-state index is 0.143. The van der Waals surface area contributed by atoms with Gasteiger partial charge in [-0.25, -0.2) is 0 Å². The van der Waals surface area contributed by atoms with Crippen molar-refractivity contribution in [3.8, 4) is 28.7 Å². The van der Waals surface area contributed by atoms with Gasteiger partial charge < -0.3 is 29.9 Å². The van der Waals surface area contributed by atoms with Crippen molar-refractivity contribution in [1.82, 2.24) is 0 Å². The number of carbonyl (C=O) groups is 1. The number of esters is 1. The summed E-state index contributed by atoms with van der Waals surface area (Å²) in [6.07, 6.45) is 2.79. The van der Waals surface area contributed by atoms with E-state index in [0.717, 1.165) is 25.7 Å². The van der Waals surface area contributed by atoms with Crippen molar-refractivity contribution in [2.75, 3.05) is 0 Å². The number of phenolic OH excluding ortho intramolecular Hbond substituents is 4. The summed E-state index contributed by atoms with van der Waals surface area (Å²) < 4.78 is 11.6. The number of hydrogen-bond donors (Lipinski definition) is 4. The second kappa shape index (κ2) is 8.94. The molecule has 29 heavy (non-hydrogen) atoms. The highest BCUT2D eigenvalue weighted by Gasteiger charge is 2.36. The highest BCUT2D eigenvalue weighted by atomic mass is 16.6. The van der Waals surface area contributed by atoms with Gasteiger partial charge in [-0.1, -0.05) is 32.3 Å². The summed E-state index contributed by atoms with van der Waals surface area (Å²) in [4.78, 5) is 12.4. The molecule has 0 aliphatic carbocycles. The van der Waals surface area contributed by atoms with Crippen LogP contribution < -0.4 is 4.74 Å². The summed E-state index contributed by atoms with van der Waals surface area (Å²) >= 11 is 0. The normalized spacial score (nSPS) is 18.0. The molecule has 0 spiro atoms. The van der Waals surface area contributed by atoms with Crippen LogP contribution in [0.5, 0.6) is 28.7 Å². The molecule has 0 radical (unpaired) electrons. The Hall–Kier alpha value is -3.09. The summed E-state index contributed by atoms with van der Waals surface area (Å²) in [5, 5.41) is 39.4. The molecule has 0 aromatic heterocycles. The van der Waals surface area contributed by atoms with E-state index in [1.807, 2.05) is 0 Å². The van der Waals surface area contributed by atoms with Gasteiger partial charge in [0.25, 0.3) is 0 Å². The van der Waals surface area contributed by atoms with Crippen LogP contribution in [0.4, 0.5) is 0 Å². The molecule has 1 aliphatic heterocycles. The van der Waals surface area contributed by atoms with Crippen LogP contribution in [-0.4, -0.2) is 32.5 Å². The van der Waals surface area contributed by atoms with E-state index in [1.165, 1.54) is 24.3 Å². The van der Waals surface area contributed by atoms with Crippen LogP contribution in [0.15, 0.2) is 30.3 Å². The Balaban J connectivity index is 1.85. The van der Waals surface area contributed by atoms with Crippen LogP contribution in [0.1, 0.15) is 56.3 Å². The van der Waals surface area contributed by atoms with E-state index in [-0.39, 0.29) is 41.1 Å². The predicted molar refractivity (Wildman–Crippen MR) is 105 cm³/mol. The van der Waals surface area contributed by atoms with E-state index in [9.17, 15) is 25.2 Å². The fraction of sp³-hybridized carbons (Fsp3) is 0.409. The Morgan fingerprint density at radius 3 is 2.55 bits per heavy atom. The molecule has 0 saturated carbocycles. The van der Waals surface area contributed by atoms with Crippen LogP contribution >= 0.6 is 0 Å². The van der Waals surface area contributed by atoms with Crippen molar-refractivity contribution >= 4 is 5.97 Å². The standard InChI is InChI=1S/C22H26O7/c1-2-3-4-5-6-21(27)28-20-12-15-17(25)10-14(23)11-19(15)29-22(20)13-7-8-16(24)18(26)9-13/h7-11,20,22-26H,2-6,12H2,1H3. The number of unbranched alkanes of at least 4 members (excludes halogenated alkanes) is 3. The van der Waals surface area contributed by atoms with Crippen LogP contribution in [0.2, 0.25) is 0 Å². The monoisotopic (exact) mass is 402 g/mol. The van der Waals surface area contributed by atoms with E-state index in [2.05, 4.69) is 6.92 Å². The van der Waals surface area contributed by atoms with E-state index in [4.69, 9.17) is 9.47 Å². The van der Waals surface area contributed by atoms with Gasteiger partial charge in [0.05, 0.1) is 0 Å². The lowest BCUT2D eigenvalue weighted by Gasteiger charge is -2.34. The molecule has 2 aromatic carbocycles. The lowest BCUT2D eigenvalue weighted by Crippen LogP contribution is -2.34. The van der Waals surface area contributed by atoms with Crippen molar-refractivity contribution < 1.29 is 34.7 Å². The van der Waals surface area contributed by atoms with Crippen LogP contribution in [0.25, 0.3) is 0 Å². The minimum Gasteiger partial charge on any atom is -0.508 e. The quantitative estimate of drug-likeness (QED) is 0.313. The fourth-order valence-electron chi connectivity index (χ4n) is 3.48. The Labute approximate surface area is 169 Å². The first-order chi connectivity index (χ1) is 13.9. The summed E-state index contributed by atoms with van der Waals surface area (Å²) in [6, 6.07) is 6.82. The molecule has 2 unspecified atom stereocenters. The van der Waals surface area contributed by atoms with Crippen LogP contribution in [-0.2, 0) is 16.0 Å². The topological polar surface area (TPSA) is 116 Å². The van der Waals surface area contributed by atoms with Gasteiger partial charge in [0.2, 0.25) is 0 Å². The lowest BCUT2D eigenvalue weighted by molar-refractivity contribution is -0.155. The Morgan fingerprint density at radius 1 is 1.03 bits per heavy atom. The molecular weight excluding hydrogens is 376 g/mol. The molecule has 7 heteroatoms. The zero-order valence-electron chi connectivity index (χ0n) is 16.3. The molecule has 0 bridgehead atoms. The zero-order valence-corrected chi connectivity index (χ0v) is 16.3. The SMILES string of the molecule is CCCCCCC(=O)OC1Cc2c(O)cc(O)cc2OC1c1ccc(O)c(O)c1. The molecule has 4 N–H and O–H groups in total. The molecule has 2 aromatic rings. The second-order valence-corrected chi connectivity index (χ2v) is 7.27. The number of carbonyl (C=O) groups excluding carboxylic acids is 1. The lowest BCUT2D eigenvalue weighted by atomic mass is 9.93. The van der Waals surface area contributed by atoms with E-state index in [0.29, 0.717) is 17.5 Å². The van der Waals surface area contributed by atoms with E-state index < -0.39 is 12.2 Å². The number of hydrogen-bond acceptors (Lipinski definition) is 7. The summed E-state index contributed by atoms with van der Waals surface area (Å²) in [6.45, 7) is 2.09. The molecule has 2 atom stereocenters. The average Bonchev–Trinajstić information content (AvgIpc) is 2.67. The third kappa shape index (κ3) is 4.85. The Kier molecular flexibility index (Phi) is 6.36. The fourth-order valence-corrected chi connectivity index (χ4v) is 3.48. The van der Waals surface area contributed by atoms with Gasteiger partial charge in [-0.15, -0.1) is 0 Å². The van der Waals surface area contributed by atoms with Gasteiger partial charge in [0.15, 0.2) is 17.6 Å². The third-order valence-electron chi connectivity index (χ3n) is 5.01. The molecule has 156 valence electrons. The largest absolute Gasteiger partial charge is 0.508 e. The summed E-state index contributed by atoms with van der Waals surface area (Å²) in [5.74, 6) is -0.972. The maximum Gasteiger partial charge on any atom is 0.306 e. The van der Waals surface area contributed by atoms with Gasteiger partial charge >= 0.3 is 5.97 Å². The zero-order chi connectivity index (χ0) is 21.0. The molecule has 0 saturated heterocycles. The molecule has 1 aliphatic rings. The molecule has 0 fully saturated rings. The molecule has 7 nitrogen and oxygen atoms in total. The summed E-state index contributed by atoms with van der Waals surface area (Å²) in [7, 11) is 0. The number of phenols is 4. The number of aromatic hydroxyl groups is 4. The van der Waals surface area contributed by atoms with Gasteiger partial charge in [0, 0.05) is 36.1 Å². The van der Waals surface area contributed by atoms with Gasteiger partial charge in [0.1, 0.15) is 23.4 Å². The van der Waals surface area contributed by atoms with Crippen molar-refractivity contribution in [1.29, 1.82) is 0 Å². The van der Waals surface area contributed by atoms with Gasteiger partial charge in [-0.3, -0.25) is 4.79 Å². The molecule has 3 rings (SSSR count). The van der Waals surface area contributed by atoms with Crippen LogP contribution in [0, 0.1) is 0 Å². The number of fused-ring (bicyclic) bond motifs is 1. The second-order valence-electron chi connectivity index (χ2n) is 7.27. The highest BCUT2D eigenvalue weighted by molar-refractivity contribution is 5.69. The van der Waals surface area contributed by atoms with Crippen molar-refractivity contribution in [3.63, 3.8) is 0 Å². The summed E-state index contributed by atoms with van der Waals surface area (Å²) in [5.41, 5.74) is 0.934. The number of benzene rings is 2. The number of rotatable bonds is 7. The van der Waals surface area contributed by atoms with Crippen molar-refractivity contribution in [2.45, 2.75) is 57.7 Å².